The van der Waals surface area contributed by atoms with E-state index in [-0.39, 0.29) is 32.0 Å². The third kappa shape index (κ3) is 68.6. The lowest BCUT2D eigenvalue weighted by Gasteiger charge is -2.28. The highest BCUT2D eigenvalue weighted by Gasteiger charge is 2.22. The number of hydrogen-bond acceptors (Lipinski definition) is 8. The maximum atomic E-state index is 12.9. The molecule has 9 nitrogen and oxygen atoms in total. The molecule has 0 aliphatic heterocycles. The molecular weight excluding hydrogens is 1060 g/mol. The average Bonchev–Trinajstić information content (AvgIpc) is 3.61. The van der Waals surface area contributed by atoms with Gasteiger partial charge in [0.15, 0.2) is 6.10 Å². The summed E-state index contributed by atoms with van der Waals surface area (Å²) < 4.78 is 34.3. The Balaban J connectivity index is 4.00. The number of phosphoric acid groups is 1. The van der Waals surface area contributed by atoms with Crippen LogP contribution < -0.4 is 4.89 Å². The fourth-order valence-electron chi connectivity index (χ4n) is 10.3. The molecule has 0 N–H and O–H groups in total. The smallest absolute Gasteiger partial charge is 0.306 e. The second-order valence-corrected chi connectivity index (χ2v) is 26.6. The first kappa shape index (κ1) is 81.5. The largest absolute Gasteiger partial charge is 0.756 e. The van der Waals surface area contributed by atoms with E-state index in [9.17, 15) is 19.0 Å². The second-order valence-electron chi connectivity index (χ2n) is 25.2. The molecule has 0 aromatic carbocycles. The van der Waals surface area contributed by atoms with Gasteiger partial charge in [0.05, 0.1) is 27.7 Å². The molecule has 0 rings (SSSR count). The van der Waals surface area contributed by atoms with Gasteiger partial charge >= 0.3 is 11.9 Å². The number of nitrogens with zero attached hydrogens (tertiary/aromatic N) is 1. The van der Waals surface area contributed by atoms with Crippen molar-refractivity contribution in [2.24, 2.45) is 0 Å². The standard InChI is InChI=1S/C74H136NO8P/c1-6-8-10-12-14-16-18-20-22-24-26-28-30-32-33-34-35-36-37-38-39-40-41-43-45-47-49-51-53-55-57-59-61-63-65-67-74(77)83-72(71-82-84(78,79)81-69-68-75(3,4)5)70-80-73(76)66-64-62-60-58-56-54-52-50-48-46-44-42-31-29-27-25-23-21-19-17-15-13-11-9-7-2/h8,10,14,16,20,22,26,28,32-33,35-36,72H,6-7,9,11-13,15,17-19,21,23-25,27,29-31,34,37-71H2,1-5H3/b10-8-,16-14-,22-20-,28-26-,33-32-,36-35-. The Bertz CT molecular complexity index is 1650. The predicted molar refractivity (Wildman–Crippen MR) is 360 cm³/mol. The fraction of sp³-hybridized carbons (Fsp3) is 0.811. The molecule has 0 bridgehead atoms. The summed E-state index contributed by atoms with van der Waals surface area (Å²) in [6.07, 6.45) is 87.0. The van der Waals surface area contributed by atoms with Crippen LogP contribution in [-0.2, 0) is 32.7 Å². The average molecular weight is 1200 g/mol. The van der Waals surface area contributed by atoms with Crippen molar-refractivity contribution in [2.75, 3.05) is 47.5 Å². The van der Waals surface area contributed by atoms with Gasteiger partial charge in [-0.2, -0.15) is 0 Å². The number of ether oxygens (including phenoxy) is 2. The van der Waals surface area contributed by atoms with Crippen molar-refractivity contribution < 1.29 is 42.1 Å². The van der Waals surface area contributed by atoms with E-state index in [1.54, 1.807) is 0 Å². The van der Waals surface area contributed by atoms with Crippen LogP contribution in [0.15, 0.2) is 72.9 Å². The van der Waals surface area contributed by atoms with E-state index in [4.69, 9.17) is 18.5 Å². The molecule has 84 heavy (non-hydrogen) atoms. The van der Waals surface area contributed by atoms with Gasteiger partial charge in [0.1, 0.15) is 19.8 Å². The SMILES string of the molecule is CC/C=C\C/C=C\C/C=C\C/C=C\C/C=C\C/C=C\CCCCCCCCCCCCCCCCCCC(=O)OC(COC(=O)CCCCCCCCCCCCCCCCCCCCCCCCCCC)COP(=O)([O-])OCC[N+](C)(C)C. The van der Waals surface area contributed by atoms with E-state index in [0.717, 1.165) is 77.0 Å². The molecule has 0 aliphatic rings. The summed E-state index contributed by atoms with van der Waals surface area (Å²) in [4.78, 5) is 38.1. The molecule has 0 aromatic rings. The zero-order valence-electron chi connectivity index (χ0n) is 55.8. The van der Waals surface area contributed by atoms with Crippen LogP contribution in [0.1, 0.15) is 335 Å². The minimum absolute atomic E-state index is 0.0300. The minimum atomic E-state index is -4.64. The molecule has 0 heterocycles. The van der Waals surface area contributed by atoms with Gasteiger partial charge in [-0.3, -0.25) is 14.2 Å². The molecular formula is C74H136NO8P. The Hall–Kier alpha value is -2.55. The Kier molecular flexibility index (Phi) is 62.9. The number of hydrogen-bond donors (Lipinski definition) is 0. The topological polar surface area (TPSA) is 111 Å². The van der Waals surface area contributed by atoms with Crippen molar-refractivity contribution in [3.05, 3.63) is 72.9 Å². The summed E-state index contributed by atoms with van der Waals surface area (Å²) in [6.45, 7) is 4.18. The van der Waals surface area contributed by atoms with Crippen LogP contribution in [0.4, 0.5) is 0 Å². The first-order valence-electron chi connectivity index (χ1n) is 35.6. The molecule has 0 saturated carbocycles. The monoisotopic (exact) mass is 1200 g/mol. The highest BCUT2D eigenvalue weighted by molar-refractivity contribution is 7.45. The van der Waals surface area contributed by atoms with Gasteiger partial charge in [0, 0.05) is 12.8 Å². The number of unbranched alkanes of at least 4 members (excludes halogenated alkanes) is 40. The van der Waals surface area contributed by atoms with E-state index < -0.39 is 26.5 Å². The molecule has 0 aromatic heterocycles. The summed E-state index contributed by atoms with van der Waals surface area (Å²) in [5.74, 6) is -0.816. The third-order valence-corrected chi connectivity index (χ3v) is 16.7. The van der Waals surface area contributed by atoms with Crippen molar-refractivity contribution >= 4 is 19.8 Å². The summed E-state index contributed by atoms with van der Waals surface area (Å²) in [6, 6.07) is 0. The van der Waals surface area contributed by atoms with Gasteiger partial charge in [-0.1, -0.05) is 331 Å². The molecule has 2 unspecified atom stereocenters. The molecule has 10 heteroatoms. The third-order valence-electron chi connectivity index (χ3n) is 15.7. The zero-order chi connectivity index (χ0) is 61.2. The minimum Gasteiger partial charge on any atom is -0.756 e. The molecule has 0 amide bonds. The van der Waals surface area contributed by atoms with Crippen LogP contribution in [0, 0.1) is 0 Å². The predicted octanol–water partition coefficient (Wildman–Crippen LogP) is 22.5. The number of quaternary nitrogens is 1. The molecule has 490 valence electrons. The number of esters is 2. The van der Waals surface area contributed by atoms with Gasteiger partial charge < -0.3 is 27.9 Å². The summed E-state index contributed by atoms with van der Waals surface area (Å²) in [5, 5.41) is 0. The molecule has 0 spiro atoms. The van der Waals surface area contributed by atoms with Crippen molar-refractivity contribution in [2.45, 2.75) is 341 Å². The van der Waals surface area contributed by atoms with E-state index >= 15 is 0 Å². The van der Waals surface area contributed by atoms with Gasteiger partial charge in [0.25, 0.3) is 7.82 Å². The lowest BCUT2D eigenvalue weighted by molar-refractivity contribution is -0.870. The molecule has 0 saturated heterocycles. The van der Waals surface area contributed by atoms with Crippen LogP contribution in [0.5, 0.6) is 0 Å². The summed E-state index contributed by atoms with van der Waals surface area (Å²) in [5.41, 5.74) is 0. The van der Waals surface area contributed by atoms with Crippen LogP contribution in [-0.4, -0.2) is 70.0 Å². The fourth-order valence-corrected chi connectivity index (χ4v) is 11.0. The lowest BCUT2D eigenvalue weighted by Crippen LogP contribution is -2.37. The molecule has 0 fully saturated rings. The molecule has 0 aliphatic carbocycles. The zero-order valence-corrected chi connectivity index (χ0v) is 56.7. The van der Waals surface area contributed by atoms with Gasteiger partial charge in [-0.05, 0) is 64.2 Å². The van der Waals surface area contributed by atoms with E-state index in [1.165, 1.54) is 225 Å². The molecule has 0 radical (unpaired) electrons. The molecule has 2 atom stereocenters. The maximum Gasteiger partial charge on any atom is 0.306 e. The number of allylic oxidation sites excluding steroid dienone is 12. The van der Waals surface area contributed by atoms with Crippen molar-refractivity contribution in [3.8, 4) is 0 Å². The van der Waals surface area contributed by atoms with E-state index in [2.05, 4.69) is 86.8 Å². The number of carbonyl (C=O) groups excluding carboxylic acids is 2. The number of rotatable bonds is 66. The Morgan fingerprint density at radius 3 is 1.01 bits per heavy atom. The number of phosphoric ester groups is 1. The maximum absolute atomic E-state index is 12.9. The quantitative estimate of drug-likeness (QED) is 0.0195. The van der Waals surface area contributed by atoms with Crippen LogP contribution in [0.3, 0.4) is 0 Å². The van der Waals surface area contributed by atoms with E-state index in [1.807, 2.05) is 21.1 Å². The van der Waals surface area contributed by atoms with Gasteiger partial charge in [-0.15, -0.1) is 0 Å². The van der Waals surface area contributed by atoms with Crippen LogP contribution in [0.2, 0.25) is 0 Å². The van der Waals surface area contributed by atoms with Crippen LogP contribution >= 0.6 is 7.82 Å². The summed E-state index contributed by atoms with van der Waals surface area (Å²) >= 11 is 0. The first-order valence-corrected chi connectivity index (χ1v) is 37.1. The second kappa shape index (κ2) is 64.9. The Morgan fingerprint density at radius 2 is 0.679 bits per heavy atom. The first-order chi connectivity index (χ1) is 41.0. The van der Waals surface area contributed by atoms with Crippen LogP contribution in [0.25, 0.3) is 0 Å². The lowest BCUT2D eigenvalue weighted by atomic mass is 10.0. The highest BCUT2D eigenvalue weighted by Crippen LogP contribution is 2.38. The Labute approximate surface area is 520 Å². The highest BCUT2D eigenvalue weighted by atomic mass is 31.2. The normalized spacial score (nSPS) is 13.5. The van der Waals surface area contributed by atoms with Gasteiger partial charge in [-0.25, -0.2) is 0 Å². The van der Waals surface area contributed by atoms with Crippen molar-refractivity contribution in [3.63, 3.8) is 0 Å². The summed E-state index contributed by atoms with van der Waals surface area (Å²) in [7, 11) is 1.18. The van der Waals surface area contributed by atoms with E-state index in [0.29, 0.717) is 17.4 Å². The number of likely N-dealkylation sites (N-methyl/N-ethyl adjacent to an activating group) is 1. The van der Waals surface area contributed by atoms with Crippen molar-refractivity contribution in [1.82, 2.24) is 0 Å². The number of carbonyl (C=O) groups is 2. The van der Waals surface area contributed by atoms with Gasteiger partial charge in [0.2, 0.25) is 0 Å². The Morgan fingerprint density at radius 1 is 0.381 bits per heavy atom. The van der Waals surface area contributed by atoms with Crippen molar-refractivity contribution in [1.29, 1.82) is 0 Å².